The maximum atomic E-state index is 10.6. The van der Waals surface area contributed by atoms with E-state index in [1.165, 1.54) is 0 Å². The Balaban J connectivity index is 4.38. The Kier molecular flexibility index (Phi) is 7.40. The molecule has 0 bridgehead atoms. The summed E-state index contributed by atoms with van der Waals surface area (Å²) >= 11 is 0. The molecule has 0 saturated heterocycles. The predicted octanol–water partition coefficient (Wildman–Crippen LogP) is 2.71. The first-order chi connectivity index (χ1) is 6.69. The summed E-state index contributed by atoms with van der Waals surface area (Å²) in [5.41, 5.74) is 0.798. The van der Waals surface area contributed by atoms with E-state index in [0.717, 1.165) is 37.5 Å². The summed E-state index contributed by atoms with van der Waals surface area (Å²) < 4.78 is 0. The van der Waals surface area contributed by atoms with Crippen LogP contribution in [0.25, 0.3) is 0 Å². The molecule has 0 amide bonds. The molecule has 14 heavy (non-hydrogen) atoms. The van der Waals surface area contributed by atoms with Crippen LogP contribution in [0.15, 0.2) is 11.6 Å². The first-order valence-corrected chi connectivity index (χ1v) is 5.53. The summed E-state index contributed by atoms with van der Waals surface area (Å²) in [4.78, 5) is 10.6. The molecule has 0 rings (SSSR count). The van der Waals surface area contributed by atoms with Crippen molar-refractivity contribution in [2.24, 2.45) is 5.92 Å². The molecular weight excluding hydrogens is 176 g/mol. The molecule has 0 spiro atoms. The highest BCUT2D eigenvalue weighted by molar-refractivity contribution is 5.72. The third-order valence-electron chi connectivity index (χ3n) is 2.54. The van der Waals surface area contributed by atoms with Gasteiger partial charge in [-0.1, -0.05) is 33.3 Å². The van der Waals surface area contributed by atoms with Crippen LogP contribution in [0.5, 0.6) is 0 Å². The van der Waals surface area contributed by atoms with E-state index >= 15 is 0 Å². The summed E-state index contributed by atoms with van der Waals surface area (Å²) in [6, 6.07) is 0. The number of hydrogen-bond donors (Lipinski definition) is 1. The molecular formula is C12H22O2. The van der Waals surface area contributed by atoms with E-state index in [9.17, 15) is 9.90 Å². The summed E-state index contributed by atoms with van der Waals surface area (Å²) in [6.45, 7) is 6.05. The van der Waals surface area contributed by atoms with Crippen molar-refractivity contribution in [3.8, 4) is 0 Å². The largest absolute Gasteiger partial charge is 0.393 e. The van der Waals surface area contributed by atoms with Crippen molar-refractivity contribution >= 4 is 6.29 Å². The second-order valence-corrected chi connectivity index (χ2v) is 3.64. The lowest BCUT2D eigenvalue weighted by atomic mass is 9.93. The molecule has 0 aliphatic rings. The monoisotopic (exact) mass is 198 g/mol. The zero-order valence-electron chi connectivity index (χ0n) is 9.49. The Morgan fingerprint density at radius 1 is 1.36 bits per heavy atom. The summed E-state index contributed by atoms with van der Waals surface area (Å²) in [5, 5.41) is 9.79. The lowest BCUT2D eigenvalue weighted by molar-refractivity contribution is -0.105. The van der Waals surface area contributed by atoms with Crippen LogP contribution in [-0.4, -0.2) is 17.5 Å². The van der Waals surface area contributed by atoms with Crippen molar-refractivity contribution in [2.75, 3.05) is 0 Å². The molecule has 2 nitrogen and oxygen atoms in total. The molecule has 82 valence electrons. The van der Waals surface area contributed by atoms with Gasteiger partial charge in [0, 0.05) is 5.92 Å². The smallest absolute Gasteiger partial charge is 0.145 e. The van der Waals surface area contributed by atoms with Gasteiger partial charge in [0.25, 0.3) is 0 Å². The summed E-state index contributed by atoms with van der Waals surface area (Å²) in [7, 11) is 0. The van der Waals surface area contributed by atoms with Crippen molar-refractivity contribution in [3.05, 3.63) is 11.6 Å². The van der Waals surface area contributed by atoms with E-state index in [0.29, 0.717) is 0 Å². The average molecular weight is 198 g/mol. The fourth-order valence-corrected chi connectivity index (χ4v) is 1.53. The zero-order valence-corrected chi connectivity index (χ0v) is 9.49. The second kappa shape index (κ2) is 7.74. The van der Waals surface area contributed by atoms with Crippen molar-refractivity contribution < 1.29 is 9.90 Å². The fourth-order valence-electron chi connectivity index (χ4n) is 1.53. The molecule has 0 aliphatic heterocycles. The number of aldehydes is 1. The maximum absolute atomic E-state index is 10.6. The van der Waals surface area contributed by atoms with Gasteiger partial charge in [-0.05, 0) is 24.8 Å². The van der Waals surface area contributed by atoms with Gasteiger partial charge in [-0.3, -0.25) is 4.79 Å². The van der Waals surface area contributed by atoms with Gasteiger partial charge in [-0.2, -0.15) is 0 Å². The van der Waals surface area contributed by atoms with Gasteiger partial charge in [0.2, 0.25) is 0 Å². The molecule has 0 aromatic heterocycles. The van der Waals surface area contributed by atoms with Crippen LogP contribution >= 0.6 is 0 Å². The highest BCUT2D eigenvalue weighted by Gasteiger charge is 2.14. The molecule has 2 unspecified atom stereocenters. The van der Waals surface area contributed by atoms with Gasteiger partial charge in [0.1, 0.15) is 6.29 Å². The van der Waals surface area contributed by atoms with E-state index in [1.54, 1.807) is 0 Å². The highest BCUT2D eigenvalue weighted by atomic mass is 16.3. The van der Waals surface area contributed by atoms with Gasteiger partial charge in [0.05, 0.1) is 6.10 Å². The van der Waals surface area contributed by atoms with E-state index < -0.39 is 0 Å². The van der Waals surface area contributed by atoms with Crippen LogP contribution in [0.3, 0.4) is 0 Å². The molecule has 2 heteroatoms. The Morgan fingerprint density at radius 2 is 2.00 bits per heavy atom. The van der Waals surface area contributed by atoms with Crippen LogP contribution < -0.4 is 0 Å². The number of carbonyl (C=O) groups is 1. The maximum Gasteiger partial charge on any atom is 0.145 e. The van der Waals surface area contributed by atoms with Gasteiger partial charge in [0.15, 0.2) is 0 Å². The average Bonchev–Trinajstić information content (AvgIpc) is 2.20. The minimum absolute atomic E-state index is 0.134. The lowest BCUT2D eigenvalue weighted by Gasteiger charge is -2.18. The zero-order chi connectivity index (χ0) is 11.0. The molecule has 0 aromatic rings. The molecule has 0 radical (unpaired) electrons. The molecule has 0 heterocycles. The third-order valence-corrected chi connectivity index (χ3v) is 2.54. The molecule has 0 aliphatic carbocycles. The van der Waals surface area contributed by atoms with Crippen molar-refractivity contribution in [2.45, 2.75) is 52.6 Å². The Labute approximate surface area is 87.0 Å². The SMILES string of the molecule is CCCC(O)C(/C=C(/C=O)CC)CC. The van der Waals surface area contributed by atoms with Gasteiger partial charge >= 0.3 is 0 Å². The van der Waals surface area contributed by atoms with Gasteiger partial charge in [-0.25, -0.2) is 0 Å². The molecule has 0 aromatic carbocycles. The van der Waals surface area contributed by atoms with Crippen molar-refractivity contribution in [1.82, 2.24) is 0 Å². The number of hydrogen-bond acceptors (Lipinski definition) is 2. The van der Waals surface area contributed by atoms with Crippen LogP contribution in [0.2, 0.25) is 0 Å². The van der Waals surface area contributed by atoms with Crippen LogP contribution in [0.4, 0.5) is 0 Å². The summed E-state index contributed by atoms with van der Waals surface area (Å²) in [5.74, 6) is 0.134. The first kappa shape index (κ1) is 13.4. The van der Waals surface area contributed by atoms with Crippen LogP contribution in [0.1, 0.15) is 46.5 Å². The van der Waals surface area contributed by atoms with Crippen molar-refractivity contribution in [1.29, 1.82) is 0 Å². The van der Waals surface area contributed by atoms with E-state index in [1.807, 2.05) is 19.9 Å². The minimum Gasteiger partial charge on any atom is -0.393 e. The van der Waals surface area contributed by atoms with E-state index in [-0.39, 0.29) is 12.0 Å². The minimum atomic E-state index is -0.300. The predicted molar refractivity (Wildman–Crippen MR) is 59.1 cm³/mol. The summed E-state index contributed by atoms with van der Waals surface area (Å²) in [6.07, 6.45) is 5.94. The number of aliphatic hydroxyl groups excluding tert-OH is 1. The Morgan fingerprint density at radius 3 is 2.36 bits per heavy atom. The molecule has 1 N–H and O–H groups in total. The normalized spacial score (nSPS) is 16.4. The topological polar surface area (TPSA) is 37.3 Å². The van der Waals surface area contributed by atoms with Crippen LogP contribution in [-0.2, 0) is 4.79 Å². The third kappa shape index (κ3) is 4.56. The van der Waals surface area contributed by atoms with Crippen molar-refractivity contribution in [3.63, 3.8) is 0 Å². The number of carbonyl (C=O) groups excluding carboxylic acids is 1. The quantitative estimate of drug-likeness (QED) is 0.504. The highest BCUT2D eigenvalue weighted by Crippen LogP contribution is 2.17. The number of aliphatic hydroxyl groups is 1. The van der Waals surface area contributed by atoms with E-state index in [2.05, 4.69) is 6.92 Å². The van der Waals surface area contributed by atoms with Gasteiger partial charge < -0.3 is 5.11 Å². The van der Waals surface area contributed by atoms with Crippen LogP contribution in [0, 0.1) is 5.92 Å². The van der Waals surface area contributed by atoms with Gasteiger partial charge in [-0.15, -0.1) is 0 Å². The van der Waals surface area contributed by atoms with E-state index in [4.69, 9.17) is 0 Å². The standard InChI is InChI=1S/C12H22O2/c1-4-7-12(14)11(6-3)8-10(5-2)9-13/h8-9,11-12,14H,4-7H2,1-3H3/b10-8+. The number of rotatable bonds is 7. The second-order valence-electron chi connectivity index (χ2n) is 3.64. The Bertz CT molecular complexity index is 185. The molecule has 0 fully saturated rings. The fraction of sp³-hybridized carbons (Fsp3) is 0.750. The lowest BCUT2D eigenvalue weighted by Crippen LogP contribution is -2.18. The molecule has 2 atom stereocenters. The Hall–Kier alpha value is -0.630. The molecule has 0 saturated carbocycles. The first-order valence-electron chi connectivity index (χ1n) is 5.53. The number of allylic oxidation sites excluding steroid dienone is 1.